The number of anilines is 1. The van der Waals surface area contributed by atoms with E-state index in [1.165, 1.54) is 11.8 Å². The third kappa shape index (κ3) is 4.44. The molecule has 0 radical (unpaired) electrons. The van der Waals surface area contributed by atoms with Gasteiger partial charge in [0.2, 0.25) is 11.5 Å². The Balaban J connectivity index is 1.60. The Morgan fingerprint density at radius 3 is 2.71 bits per heavy atom. The number of amides is 1. The quantitative estimate of drug-likeness (QED) is 0.318. The van der Waals surface area contributed by atoms with E-state index in [2.05, 4.69) is 12.2 Å². The lowest BCUT2D eigenvalue weighted by Crippen LogP contribution is -2.24. The van der Waals surface area contributed by atoms with Crippen molar-refractivity contribution < 1.29 is 13.9 Å². The highest BCUT2D eigenvalue weighted by Gasteiger charge is 2.18. The molecule has 0 aliphatic carbocycles. The van der Waals surface area contributed by atoms with E-state index >= 15 is 0 Å². The Morgan fingerprint density at radius 2 is 1.97 bits per heavy atom. The number of carbonyl (C=O) groups is 1. The molecule has 0 aliphatic heterocycles. The summed E-state index contributed by atoms with van der Waals surface area (Å²) in [6, 6.07) is 14.6. The number of hydrogen-bond donors (Lipinski definition) is 1. The molecule has 0 unspecified atom stereocenters. The molecule has 2 heterocycles. The van der Waals surface area contributed by atoms with Crippen LogP contribution in [0.25, 0.3) is 22.1 Å². The van der Waals surface area contributed by atoms with Gasteiger partial charge in [0.05, 0.1) is 12.9 Å². The van der Waals surface area contributed by atoms with Crippen molar-refractivity contribution in [2.24, 2.45) is 0 Å². The van der Waals surface area contributed by atoms with Crippen molar-refractivity contribution in [1.29, 1.82) is 0 Å². The van der Waals surface area contributed by atoms with Gasteiger partial charge in [-0.3, -0.25) is 14.2 Å². The lowest BCUT2D eigenvalue weighted by atomic mass is 10.2. The number of nitrogens with zero attached hydrogens (tertiary/aromatic N) is 2. The minimum Gasteiger partial charge on any atom is -0.497 e. The SMILES string of the molecule is CCCCn1c(SCC(=O)Nc2ccc(OC)cc2)nc2c(oc3ccccc32)c1=O. The van der Waals surface area contributed by atoms with Crippen molar-refractivity contribution in [3.63, 3.8) is 0 Å². The summed E-state index contributed by atoms with van der Waals surface area (Å²) in [4.78, 5) is 30.3. The highest BCUT2D eigenvalue weighted by molar-refractivity contribution is 7.99. The smallest absolute Gasteiger partial charge is 0.297 e. The van der Waals surface area contributed by atoms with E-state index in [0.29, 0.717) is 28.5 Å². The van der Waals surface area contributed by atoms with Crippen molar-refractivity contribution >= 4 is 45.4 Å². The summed E-state index contributed by atoms with van der Waals surface area (Å²) in [7, 11) is 1.59. The van der Waals surface area contributed by atoms with Crippen LogP contribution >= 0.6 is 11.8 Å². The molecule has 2 aromatic carbocycles. The highest BCUT2D eigenvalue weighted by Crippen LogP contribution is 2.27. The first kappa shape index (κ1) is 21.0. The number of unbranched alkanes of at least 4 members (excludes halogenated alkanes) is 1. The van der Waals surface area contributed by atoms with Crippen LogP contribution in [-0.2, 0) is 11.3 Å². The lowest BCUT2D eigenvalue weighted by Gasteiger charge is -2.11. The number of furan rings is 1. The predicted molar refractivity (Wildman–Crippen MR) is 123 cm³/mol. The molecule has 0 spiro atoms. The van der Waals surface area contributed by atoms with Crippen LogP contribution in [-0.4, -0.2) is 28.3 Å². The molecule has 0 saturated carbocycles. The minimum atomic E-state index is -0.215. The molecule has 1 amide bonds. The zero-order chi connectivity index (χ0) is 21.8. The van der Waals surface area contributed by atoms with Crippen LogP contribution in [0.3, 0.4) is 0 Å². The molecule has 4 rings (SSSR count). The Bertz CT molecular complexity index is 1280. The van der Waals surface area contributed by atoms with Crippen LogP contribution in [0.4, 0.5) is 5.69 Å². The molecule has 7 nitrogen and oxygen atoms in total. The summed E-state index contributed by atoms with van der Waals surface area (Å²) < 4.78 is 12.5. The first-order valence-corrected chi connectivity index (χ1v) is 11.1. The molecule has 4 aromatic rings. The zero-order valence-corrected chi connectivity index (χ0v) is 18.2. The van der Waals surface area contributed by atoms with Crippen molar-refractivity contribution in [2.45, 2.75) is 31.5 Å². The minimum absolute atomic E-state index is 0.131. The van der Waals surface area contributed by atoms with Crippen LogP contribution in [0.1, 0.15) is 19.8 Å². The number of aromatic nitrogens is 2. The number of carbonyl (C=O) groups excluding carboxylic acids is 1. The summed E-state index contributed by atoms with van der Waals surface area (Å²) in [5, 5.41) is 4.16. The van der Waals surface area contributed by atoms with Gasteiger partial charge in [0.25, 0.3) is 5.56 Å². The molecule has 0 saturated heterocycles. The van der Waals surface area contributed by atoms with Crippen LogP contribution in [0, 0.1) is 0 Å². The average molecular weight is 438 g/mol. The molecule has 31 heavy (non-hydrogen) atoms. The third-order valence-corrected chi connectivity index (χ3v) is 5.86. The summed E-state index contributed by atoms with van der Waals surface area (Å²) in [6.07, 6.45) is 1.77. The molecular weight excluding hydrogens is 414 g/mol. The first-order valence-electron chi connectivity index (χ1n) is 10.1. The van der Waals surface area contributed by atoms with Gasteiger partial charge in [0.1, 0.15) is 16.8 Å². The molecule has 0 aliphatic rings. The second-order valence-electron chi connectivity index (χ2n) is 7.05. The first-order chi connectivity index (χ1) is 15.1. The lowest BCUT2D eigenvalue weighted by molar-refractivity contribution is -0.113. The fourth-order valence-corrected chi connectivity index (χ4v) is 4.10. The van der Waals surface area contributed by atoms with E-state index in [4.69, 9.17) is 14.1 Å². The molecule has 1 N–H and O–H groups in total. The van der Waals surface area contributed by atoms with E-state index in [-0.39, 0.29) is 22.8 Å². The second-order valence-corrected chi connectivity index (χ2v) is 7.99. The van der Waals surface area contributed by atoms with Gasteiger partial charge in [-0.15, -0.1) is 0 Å². The van der Waals surface area contributed by atoms with E-state index in [9.17, 15) is 9.59 Å². The number of para-hydroxylation sites is 1. The Kier molecular flexibility index (Phi) is 6.27. The standard InChI is InChI=1S/C23H23N3O4S/c1-3-4-13-26-22(28)21-20(17-7-5-6-8-18(17)30-21)25-23(26)31-14-19(27)24-15-9-11-16(29-2)12-10-15/h5-12H,3-4,13-14H2,1-2H3,(H,24,27). The molecular formula is C23H23N3O4S. The number of benzene rings is 2. The molecule has 8 heteroatoms. The monoisotopic (exact) mass is 437 g/mol. The Hall–Kier alpha value is -3.26. The molecule has 0 fully saturated rings. The van der Waals surface area contributed by atoms with Crippen molar-refractivity contribution in [1.82, 2.24) is 9.55 Å². The van der Waals surface area contributed by atoms with E-state index in [1.54, 1.807) is 35.9 Å². The van der Waals surface area contributed by atoms with Gasteiger partial charge in [-0.05, 0) is 42.8 Å². The van der Waals surface area contributed by atoms with E-state index in [1.807, 2.05) is 24.3 Å². The van der Waals surface area contributed by atoms with Gasteiger partial charge in [-0.25, -0.2) is 4.98 Å². The summed E-state index contributed by atoms with van der Waals surface area (Å²) >= 11 is 1.25. The molecule has 2 aromatic heterocycles. The number of hydrogen-bond acceptors (Lipinski definition) is 6. The number of fused-ring (bicyclic) bond motifs is 3. The fraction of sp³-hybridized carbons (Fsp3) is 0.261. The van der Waals surface area contributed by atoms with E-state index in [0.717, 1.165) is 24.0 Å². The van der Waals surface area contributed by atoms with Gasteiger partial charge < -0.3 is 14.5 Å². The van der Waals surface area contributed by atoms with Crippen LogP contribution in [0.5, 0.6) is 5.75 Å². The number of methoxy groups -OCH3 is 1. The summed E-state index contributed by atoms with van der Waals surface area (Å²) in [5.41, 5.74) is 1.88. The van der Waals surface area contributed by atoms with Crippen molar-refractivity contribution in [3.8, 4) is 5.75 Å². The Morgan fingerprint density at radius 1 is 1.19 bits per heavy atom. The summed E-state index contributed by atoms with van der Waals surface area (Å²) in [6.45, 7) is 2.59. The van der Waals surface area contributed by atoms with E-state index < -0.39 is 0 Å². The number of ether oxygens (including phenoxy) is 1. The number of thioether (sulfide) groups is 1. The average Bonchev–Trinajstić information content (AvgIpc) is 3.17. The molecule has 0 atom stereocenters. The maximum Gasteiger partial charge on any atom is 0.297 e. The predicted octanol–water partition coefficient (Wildman–Crippen LogP) is 4.68. The summed E-state index contributed by atoms with van der Waals surface area (Å²) in [5.74, 6) is 0.673. The van der Waals surface area contributed by atoms with Crippen molar-refractivity contribution in [2.75, 3.05) is 18.2 Å². The van der Waals surface area contributed by atoms with Gasteiger partial charge in [0, 0.05) is 17.6 Å². The maximum absolute atomic E-state index is 13.1. The third-order valence-electron chi connectivity index (χ3n) is 4.89. The maximum atomic E-state index is 13.1. The van der Waals surface area contributed by atoms with Gasteiger partial charge in [0.15, 0.2) is 5.16 Å². The van der Waals surface area contributed by atoms with Crippen LogP contribution < -0.4 is 15.6 Å². The number of rotatable bonds is 8. The topological polar surface area (TPSA) is 86.4 Å². The second kappa shape index (κ2) is 9.26. The largest absolute Gasteiger partial charge is 0.497 e. The Labute approximate surface area is 183 Å². The molecule has 160 valence electrons. The molecule has 0 bridgehead atoms. The van der Waals surface area contributed by atoms with Gasteiger partial charge in [-0.1, -0.05) is 37.2 Å². The number of nitrogens with one attached hydrogen (secondary N) is 1. The highest BCUT2D eigenvalue weighted by atomic mass is 32.2. The van der Waals surface area contributed by atoms with Crippen molar-refractivity contribution in [3.05, 3.63) is 58.9 Å². The van der Waals surface area contributed by atoms with Gasteiger partial charge >= 0.3 is 0 Å². The van der Waals surface area contributed by atoms with Gasteiger partial charge in [-0.2, -0.15) is 0 Å². The normalized spacial score (nSPS) is 11.2. The van der Waals surface area contributed by atoms with Crippen LogP contribution in [0.2, 0.25) is 0 Å². The van der Waals surface area contributed by atoms with Crippen LogP contribution in [0.15, 0.2) is 62.9 Å². The fourth-order valence-electron chi connectivity index (χ4n) is 3.28. The zero-order valence-electron chi connectivity index (χ0n) is 17.4.